The molecule has 0 saturated carbocycles. The largest absolute Gasteiger partial charge is 0.332 e. The maximum atomic E-state index is 12.8. The normalized spacial score (nSPS) is 12.8. The Hall–Kier alpha value is -1.86. The molecular weight excluding hydrogens is 340 g/mol. The van der Waals surface area contributed by atoms with Crippen molar-refractivity contribution in [2.24, 2.45) is 0 Å². The zero-order valence-electron chi connectivity index (χ0n) is 14.4. The number of nitrogens with zero attached hydrogens (tertiary/aromatic N) is 4. The zero-order valence-corrected chi connectivity index (χ0v) is 16.0. The van der Waals surface area contributed by atoms with Crippen molar-refractivity contribution >= 4 is 38.9 Å². The van der Waals surface area contributed by atoms with Crippen LogP contribution in [0.25, 0.3) is 10.3 Å². The van der Waals surface area contributed by atoms with Gasteiger partial charge >= 0.3 is 0 Å². The molecule has 7 heteroatoms. The summed E-state index contributed by atoms with van der Waals surface area (Å²) in [6.45, 7) is 8.31. The number of carbonyl (C=O) groups excluding carboxylic acids is 1. The minimum Gasteiger partial charge on any atom is -0.332 e. The fourth-order valence-corrected chi connectivity index (χ4v) is 4.48. The molecule has 126 valence electrons. The van der Waals surface area contributed by atoms with Gasteiger partial charge in [-0.15, -0.1) is 11.3 Å². The number of hydrogen-bond acceptors (Lipinski definition) is 6. The molecule has 0 aliphatic heterocycles. The highest BCUT2D eigenvalue weighted by Crippen LogP contribution is 2.33. The van der Waals surface area contributed by atoms with Crippen LogP contribution in [0.2, 0.25) is 0 Å². The number of thiazole rings is 2. The molecule has 1 amide bonds. The molecule has 3 aromatic rings. The van der Waals surface area contributed by atoms with Gasteiger partial charge < -0.3 is 4.90 Å². The minimum atomic E-state index is -0.0793. The molecule has 0 N–H and O–H groups in total. The quantitative estimate of drug-likeness (QED) is 0.691. The molecule has 5 nitrogen and oxygen atoms in total. The van der Waals surface area contributed by atoms with E-state index in [1.807, 2.05) is 33.0 Å². The molecule has 0 aliphatic carbocycles. The predicted octanol–water partition coefficient (Wildman–Crippen LogP) is 4.41. The molecular formula is C17H20N4OS2. The summed E-state index contributed by atoms with van der Waals surface area (Å²) in [4.78, 5) is 29.8. The highest BCUT2D eigenvalue weighted by atomic mass is 32.1. The molecule has 3 rings (SSSR count). The van der Waals surface area contributed by atoms with Crippen LogP contribution >= 0.6 is 22.7 Å². The smallest absolute Gasteiger partial charge is 0.283 e. The number of hydrogen-bond donors (Lipinski definition) is 0. The summed E-state index contributed by atoms with van der Waals surface area (Å²) in [5.41, 5.74) is 1.77. The van der Waals surface area contributed by atoms with Crippen molar-refractivity contribution in [1.82, 2.24) is 19.9 Å². The Morgan fingerprint density at radius 3 is 2.58 bits per heavy atom. The molecule has 0 spiro atoms. The van der Waals surface area contributed by atoms with Crippen LogP contribution in [0.3, 0.4) is 0 Å². The maximum absolute atomic E-state index is 12.8. The van der Waals surface area contributed by atoms with E-state index in [9.17, 15) is 4.79 Å². The van der Waals surface area contributed by atoms with Crippen LogP contribution in [0, 0.1) is 6.92 Å². The van der Waals surface area contributed by atoms with Crippen molar-refractivity contribution in [3.8, 4) is 0 Å². The number of aromatic nitrogens is 3. The molecule has 3 heterocycles. The van der Waals surface area contributed by atoms with Crippen LogP contribution in [0.15, 0.2) is 18.3 Å². The van der Waals surface area contributed by atoms with Crippen molar-refractivity contribution < 1.29 is 4.79 Å². The Morgan fingerprint density at radius 1 is 1.21 bits per heavy atom. The van der Waals surface area contributed by atoms with Crippen molar-refractivity contribution in [3.63, 3.8) is 0 Å². The number of carbonyl (C=O) groups is 1. The standard InChI is InChI=1S/C17H20N4OS2/c1-9(2)14-19-10(3)13(23-14)11(4)21(5)17(22)16-20-12-7-6-8-18-15(12)24-16/h6-9,11H,1-5H3. The second kappa shape index (κ2) is 6.57. The number of fused-ring (bicyclic) bond motifs is 1. The Labute approximate surface area is 149 Å². The van der Waals surface area contributed by atoms with E-state index >= 15 is 0 Å². The molecule has 1 atom stereocenters. The fraction of sp³-hybridized carbons (Fsp3) is 0.412. The molecule has 0 aliphatic rings. The van der Waals surface area contributed by atoms with Crippen molar-refractivity contribution in [2.45, 2.75) is 39.7 Å². The topological polar surface area (TPSA) is 59.0 Å². The molecule has 0 aromatic carbocycles. The Balaban J connectivity index is 1.87. The third kappa shape index (κ3) is 3.06. The second-order valence-corrected chi connectivity index (χ2v) is 8.13. The van der Waals surface area contributed by atoms with Crippen molar-refractivity contribution in [3.05, 3.63) is 38.9 Å². The van der Waals surface area contributed by atoms with Crippen LogP contribution in [0.5, 0.6) is 0 Å². The van der Waals surface area contributed by atoms with E-state index in [0.717, 1.165) is 25.9 Å². The van der Waals surface area contributed by atoms with Gasteiger partial charge in [-0.3, -0.25) is 4.79 Å². The van der Waals surface area contributed by atoms with Crippen LogP contribution in [0.1, 0.15) is 58.1 Å². The first-order valence-electron chi connectivity index (χ1n) is 7.84. The number of aryl methyl sites for hydroxylation is 1. The minimum absolute atomic E-state index is 0.0394. The van der Waals surface area contributed by atoms with Crippen molar-refractivity contribution in [1.29, 1.82) is 0 Å². The predicted molar refractivity (Wildman–Crippen MR) is 98.9 cm³/mol. The van der Waals surface area contributed by atoms with Gasteiger partial charge in [-0.05, 0) is 26.0 Å². The Bertz CT molecular complexity index is 851. The van der Waals surface area contributed by atoms with Gasteiger partial charge in [0.1, 0.15) is 10.3 Å². The van der Waals surface area contributed by atoms with Gasteiger partial charge in [0.25, 0.3) is 5.91 Å². The van der Waals surface area contributed by atoms with E-state index < -0.39 is 0 Å². The number of pyridine rings is 1. The average molecular weight is 361 g/mol. The van der Waals surface area contributed by atoms with Crippen LogP contribution < -0.4 is 0 Å². The fourth-order valence-electron chi connectivity index (χ4n) is 2.43. The lowest BCUT2D eigenvalue weighted by atomic mass is 10.2. The third-order valence-corrected chi connectivity index (χ3v) is 6.57. The van der Waals surface area contributed by atoms with E-state index in [2.05, 4.69) is 28.8 Å². The van der Waals surface area contributed by atoms with Gasteiger partial charge in [0, 0.05) is 24.0 Å². The molecule has 3 aromatic heterocycles. The van der Waals surface area contributed by atoms with Gasteiger partial charge in [0.2, 0.25) is 0 Å². The summed E-state index contributed by atoms with van der Waals surface area (Å²) in [5.74, 6) is 0.315. The summed E-state index contributed by atoms with van der Waals surface area (Å²) in [6, 6.07) is 3.67. The van der Waals surface area contributed by atoms with E-state index in [1.54, 1.807) is 22.4 Å². The van der Waals surface area contributed by atoms with E-state index in [0.29, 0.717) is 10.9 Å². The lowest BCUT2D eigenvalue weighted by molar-refractivity contribution is 0.0744. The van der Waals surface area contributed by atoms with Crippen LogP contribution in [-0.4, -0.2) is 32.8 Å². The van der Waals surface area contributed by atoms with E-state index in [1.165, 1.54) is 11.3 Å². The van der Waals surface area contributed by atoms with Gasteiger partial charge in [-0.1, -0.05) is 25.2 Å². The molecule has 0 fully saturated rings. The molecule has 0 radical (unpaired) electrons. The van der Waals surface area contributed by atoms with E-state index in [-0.39, 0.29) is 11.9 Å². The van der Waals surface area contributed by atoms with Gasteiger partial charge in [0.05, 0.1) is 16.7 Å². The lowest BCUT2D eigenvalue weighted by Gasteiger charge is -2.23. The molecule has 24 heavy (non-hydrogen) atoms. The summed E-state index contributed by atoms with van der Waals surface area (Å²) >= 11 is 3.02. The van der Waals surface area contributed by atoms with Crippen LogP contribution in [-0.2, 0) is 0 Å². The lowest BCUT2D eigenvalue weighted by Crippen LogP contribution is -2.29. The first-order chi connectivity index (χ1) is 11.4. The molecule has 0 saturated heterocycles. The zero-order chi connectivity index (χ0) is 17.4. The highest BCUT2D eigenvalue weighted by Gasteiger charge is 2.25. The summed E-state index contributed by atoms with van der Waals surface area (Å²) in [7, 11) is 1.82. The first-order valence-corrected chi connectivity index (χ1v) is 9.47. The summed E-state index contributed by atoms with van der Waals surface area (Å²) in [5, 5.41) is 1.59. The number of rotatable bonds is 4. The average Bonchev–Trinajstić information content (AvgIpc) is 3.16. The number of amides is 1. The van der Waals surface area contributed by atoms with Gasteiger partial charge in [-0.2, -0.15) is 0 Å². The molecule has 0 bridgehead atoms. The Kier molecular flexibility index (Phi) is 4.64. The van der Waals surface area contributed by atoms with E-state index in [4.69, 9.17) is 0 Å². The first kappa shape index (κ1) is 17.0. The van der Waals surface area contributed by atoms with Gasteiger partial charge in [-0.25, -0.2) is 15.0 Å². The summed E-state index contributed by atoms with van der Waals surface area (Å²) in [6.07, 6.45) is 1.72. The van der Waals surface area contributed by atoms with Gasteiger partial charge in [0.15, 0.2) is 5.01 Å². The SMILES string of the molecule is Cc1nc(C(C)C)sc1C(C)N(C)C(=O)c1nc2cccnc2s1. The van der Waals surface area contributed by atoms with Crippen LogP contribution in [0.4, 0.5) is 0 Å². The Morgan fingerprint density at radius 2 is 1.96 bits per heavy atom. The third-order valence-electron chi connectivity index (χ3n) is 3.97. The highest BCUT2D eigenvalue weighted by molar-refractivity contribution is 7.19. The van der Waals surface area contributed by atoms with Crippen molar-refractivity contribution in [2.75, 3.05) is 7.05 Å². The second-order valence-electron chi connectivity index (χ2n) is 6.10. The molecule has 1 unspecified atom stereocenters. The maximum Gasteiger partial charge on any atom is 0.283 e. The summed E-state index contributed by atoms with van der Waals surface area (Å²) < 4.78 is 0. The monoisotopic (exact) mass is 360 g/mol.